The Labute approximate surface area is 75.6 Å². The van der Waals surface area contributed by atoms with Gasteiger partial charge in [0.2, 0.25) is 0 Å². The quantitative estimate of drug-likeness (QED) is 0.375. The van der Waals surface area contributed by atoms with Crippen LogP contribution in [-0.2, 0) is 4.79 Å². The minimum absolute atomic E-state index is 0.300. The van der Waals surface area contributed by atoms with Crippen molar-refractivity contribution in [1.82, 2.24) is 15.2 Å². The summed E-state index contributed by atoms with van der Waals surface area (Å²) in [5.41, 5.74) is 2.05. The largest absolute Gasteiger partial charge is 0.493 e. The molecular weight excluding hydrogens is 172 g/mol. The first-order valence-corrected chi connectivity index (χ1v) is 3.77. The maximum atomic E-state index is 11.1. The molecule has 0 fully saturated rings. The molecule has 1 amide bonds. The van der Waals surface area contributed by atoms with E-state index in [1.54, 1.807) is 13.1 Å². The van der Waals surface area contributed by atoms with Crippen molar-refractivity contribution >= 4 is 5.91 Å². The molecule has 0 bridgehead atoms. The fourth-order valence-electron chi connectivity index (χ4n) is 0.879. The summed E-state index contributed by atoms with van der Waals surface area (Å²) in [6.45, 7) is 1.69. The Hall–Kier alpha value is -1.56. The third kappa shape index (κ3) is 1.97. The summed E-state index contributed by atoms with van der Waals surface area (Å²) in [7, 11) is 1.54. The molecule has 0 aliphatic rings. The number of aromatic nitrogens is 2. The fourth-order valence-corrected chi connectivity index (χ4v) is 0.879. The van der Waals surface area contributed by atoms with Crippen molar-refractivity contribution in [2.75, 3.05) is 7.11 Å². The number of rotatable bonds is 3. The topological polar surface area (TPSA) is 82.2 Å². The number of hydrazine groups is 1. The molecular formula is C7H12N4O2. The van der Waals surface area contributed by atoms with Crippen LogP contribution in [0.25, 0.3) is 0 Å². The predicted molar refractivity (Wildman–Crippen MR) is 45.8 cm³/mol. The van der Waals surface area contributed by atoms with Gasteiger partial charge in [-0.3, -0.25) is 14.9 Å². The van der Waals surface area contributed by atoms with Crippen molar-refractivity contribution in [2.24, 2.45) is 5.84 Å². The number of nitrogens with zero attached hydrogens (tertiary/aromatic N) is 2. The van der Waals surface area contributed by atoms with Gasteiger partial charge in [-0.15, -0.1) is 0 Å². The molecule has 0 saturated carbocycles. The molecule has 0 aliphatic heterocycles. The zero-order chi connectivity index (χ0) is 9.84. The summed E-state index contributed by atoms with van der Waals surface area (Å²) in [6, 6.07) is -0.436. The maximum absolute atomic E-state index is 11.1. The zero-order valence-electron chi connectivity index (χ0n) is 7.52. The zero-order valence-corrected chi connectivity index (χ0v) is 7.52. The average molecular weight is 184 g/mol. The average Bonchev–Trinajstić information content (AvgIpc) is 2.63. The summed E-state index contributed by atoms with van der Waals surface area (Å²) in [6.07, 6.45) is 3.15. The van der Waals surface area contributed by atoms with E-state index in [4.69, 9.17) is 10.6 Å². The molecule has 3 N–H and O–H groups in total. The van der Waals surface area contributed by atoms with Crippen LogP contribution in [0.4, 0.5) is 0 Å². The van der Waals surface area contributed by atoms with E-state index >= 15 is 0 Å². The van der Waals surface area contributed by atoms with Crippen LogP contribution < -0.4 is 16.0 Å². The Kier molecular flexibility index (Phi) is 2.86. The highest BCUT2D eigenvalue weighted by molar-refractivity contribution is 5.79. The molecule has 1 unspecified atom stereocenters. The van der Waals surface area contributed by atoms with Crippen molar-refractivity contribution in [2.45, 2.75) is 13.0 Å². The van der Waals surface area contributed by atoms with Gasteiger partial charge < -0.3 is 4.74 Å². The molecule has 1 heterocycles. The number of carbonyl (C=O) groups is 1. The van der Waals surface area contributed by atoms with E-state index in [0.29, 0.717) is 5.75 Å². The minimum atomic E-state index is -0.436. The molecule has 13 heavy (non-hydrogen) atoms. The molecule has 6 nitrogen and oxygen atoms in total. The van der Waals surface area contributed by atoms with E-state index in [1.807, 2.05) is 5.43 Å². The van der Waals surface area contributed by atoms with Crippen LogP contribution in [0, 0.1) is 0 Å². The monoisotopic (exact) mass is 184 g/mol. The van der Waals surface area contributed by atoms with Crippen LogP contribution in [-0.4, -0.2) is 22.8 Å². The maximum Gasteiger partial charge on any atom is 0.258 e. The summed E-state index contributed by atoms with van der Waals surface area (Å²) in [4.78, 5) is 11.1. The van der Waals surface area contributed by atoms with Crippen LogP contribution in [0.3, 0.4) is 0 Å². The van der Waals surface area contributed by atoms with Crippen LogP contribution in [0.2, 0.25) is 0 Å². The van der Waals surface area contributed by atoms with E-state index in [9.17, 15) is 4.79 Å². The van der Waals surface area contributed by atoms with Gasteiger partial charge in [-0.25, -0.2) is 5.84 Å². The first kappa shape index (κ1) is 9.53. The van der Waals surface area contributed by atoms with Crippen LogP contribution in [0.15, 0.2) is 12.4 Å². The Morgan fingerprint density at radius 2 is 2.54 bits per heavy atom. The number of nitrogens with one attached hydrogen (secondary N) is 1. The Morgan fingerprint density at radius 3 is 3.00 bits per heavy atom. The Morgan fingerprint density at radius 1 is 1.85 bits per heavy atom. The molecule has 6 heteroatoms. The highest BCUT2D eigenvalue weighted by atomic mass is 16.5. The van der Waals surface area contributed by atoms with Crippen molar-refractivity contribution in [1.29, 1.82) is 0 Å². The number of methoxy groups -OCH3 is 1. The van der Waals surface area contributed by atoms with Gasteiger partial charge in [0.05, 0.1) is 19.5 Å². The van der Waals surface area contributed by atoms with Gasteiger partial charge >= 0.3 is 0 Å². The fraction of sp³-hybridized carbons (Fsp3) is 0.429. The molecule has 0 radical (unpaired) electrons. The molecule has 1 atom stereocenters. The van der Waals surface area contributed by atoms with E-state index < -0.39 is 6.04 Å². The molecule has 1 aromatic rings. The number of carbonyl (C=O) groups excluding carboxylic acids is 1. The highest BCUT2D eigenvalue weighted by Gasteiger charge is 2.14. The highest BCUT2D eigenvalue weighted by Crippen LogP contribution is 2.11. The van der Waals surface area contributed by atoms with Gasteiger partial charge in [0.25, 0.3) is 5.91 Å². The first-order valence-electron chi connectivity index (χ1n) is 3.77. The number of hydrogen-bond donors (Lipinski definition) is 2. The van der Waals surface area contributed by atoms with Crippen LogP contribution in [0.5, 0.6) is 5.75 Å². The third-order valence-electron chi connectivity index (χ3n) is 1.73. The van der Waals surface area contributed by atoms with Crippen molar-refractivity contribution in [3.05, 3.63) is 12.4 Å². The lowest BCUT2D eigenvalue weighted by Gasteiger charge is -2.08. The van der Waals surface area contributed by atoms with Gasteiger partial charge in [-0.1, -0.05) is 0 Å². The molecule has 0 aliphatic carbocycles. The standard InChI is InChI=1S/C7H12N4O2/c1-5(7(12)10-8)11-4-6(13-2)3-9-11/h3-5H,8H2,1-2H3,(H,10,12). The van der Waals surface area contributed by atoms with E-state index in [-0.39, 0.29) is 5.91 Å². The normalized spacial score (nSPS) is 12.2. The van der Waals surface area contributed by atoms with Crippen molar-refractivity contribution in [3.8, 4) is 5.75 Å². The summed E-state index contributed by atoms with van der Waals surface area (Å²) in [5.74, 6) is 5.29. The van der Waals surface area contributed by atoms with Crippen molar-refractivity contribution < 1.29 is 9.53 Å². The van der Waals surface area contributed by atoms with Crippen LogP contribution in [0.1, 0.15) is 13.0 Å². The second kappa shape index (κ2) is 3.90. The van der Waals surface area contributed by atoms with Crippen molar-refractivity contribution in [3.63, 3.8) is 0 Å². The van der Waals surface area contributed by atoms with E-state index in [2.05, 4.69) is 5.10 Å². The van der Waals surface area contributed by atoms with Gasteiger partial charge in [-0.2, -0.15) is 5.10 Å². The number of amides is 1. The summed E-state index contributed by atoms with van der Waals surface area (Å²) < 4.78 is 6.39. The lowest BCUT2D eigenvalue weighted by Crippen LogP contribution is -2.36. The summed E-state index contributed by atoms with van der Waals surface area (Å²) >= 11 is 0. The predicted octanol–water partition coefficient (Wildman–Crippen LogP) is -0.557. The third-order valence-corrected chi connectivity index (χ3v) is 1.73. The van der Waals surface area contributed by atoms with Gasteiger partial charge in [0.1, 0.15) is 6.04 Å². The lowest BCUT2D eigenvalue weighted by molar-refractivity contribution is -0.124. The second-order valence-electron chi connectivity index (χ2n) is 2.54. The van der Waals surface area contributed by atoms with Gasteiger partial charge in [0.15, 0.2) is 5.75 Å². The van der Waals surface area contributed by atoms with E-state index in [0.717, 1.165) is 0 Å². The molecule has 0 spiro atoms. The second-order valence-corrected chi connectivity index (χ2v) is 2.54. The number of ether oxygens (including phenoxy) is 1. The molecule has 1 aromatic heterocycles. The first-order chi connectivity index (χ1) is 6.19. The lowest BCUT2D eigenvalue weighted by atomic mass is 10.3. The van der Waals surface area contributed by atoms with Crippen LogP contribution >= 0.6 is 0 Å². The molecule has 0 aromatic carbocycles. The number of hydrogen-bond acceptors (Lipinski definition) is 4. The van der Waals surface area contributed by atoms with Gasteiger partial charge in [0, 0.05) is 0 Å². The summed E-state index contributed by atoms with van der Waals surface area (Å²) in [5, 5.41) is 3.93. The number of nitrogens with two attached hydrogens (primary N) is 1. The molecule has 1 rings (SSSR count). The van der Waals surface area contributed by atoms with E-state index in [1.165, 1.54) is 18.0 Å². The Balaban J connectivity index is 2.76. The van der Waals surface area contributed by atoms with Gasteiger partial charge in [-0.05, 0) is 6.92 Å². The molecule has 0 saturated heterocycles. The smallest absolute Gasteiger partial charge is 0.258 e. The Bertz CT molecular complexity index is 296. The SMILES string of the molecule is COc1cnn(C(C)C(=O)NN)c1. The molecule has 72 valence electrons. The minimum Gasteiger partial charge on any atom is -0.493 e.